The molecule has 4 atom stereocenters. The van der Waals surface area contributed by atoms with E-state index in [1.807, 2.05) is 0 Å². The summed E-state index contributed by atoms with van der Waals surface area (Å²) in [4.78, 5) is 27.7. The highest BCUT2D eigenvalue weighted by molar-refractivity contribution is 9.11. The summed E-state index contributed by atoms with van der Waals surface area (Å²) >= 11 is 15.1. The predicted octanol–water partition coefficient (Wildman–Crippen LogP) is 2.05. The Hall–Kier alpha value is -1.46. The molecule has 3 N–H and O–H groups in total. The molecule has 2 aromatic rings. The minimum Gasteiger partial charge on any atom is -0.394 e. The van der Waals surface area contributed by atoms with E-state index in [2.05, 4.69) is 20.9 Å². The zero-order valence-electron chi connectivity index (χ0n) is 14.8. The van der Waals surface area contributed by atoms with Gasteiger partial charge in [-0.05, 0) is 28.8 Å². The molecule has 0 aliphatic carbocycles. The molecular formula is C18H17BrCl2N2O6. The van der Waals surface area contributed by atoms with Crippen LogP contribution in [0, 0.1) is 0 Å². The van der Waals surface area contributed by atoms with E-state index < -0.39 is 42.4 Å². The van der Waals surface area contributed by atoms with Gasteiger partial charge in [0, 0.05) is 16.2 Å². The van der Waals surface area contributed by atoms with Crippen LogP contribution < -0.4 is 11.2 Å². The Morgan fingerprint density at radius 1 is 1.34 bits per heavy atom. The van der Waals surface area contributed by atoms with E-state index in [4.69, 9.17) is 32.7 Å². The Bertz CT molecular complexity index is 1020. The topological polar surface area (TPSA) is 114 Å². The molecule has 0 unspecified atom stereocenters. The number of nitrogens with zero attached hydrogens (tertiary/aromatic N) is 1. The summed E-state index contributed by atoms with van der Waals surface area (Å²) in [5, 5.41) is 21.2. The van der Waals surface area contributed by atoms with E-state index in [0.717, 1.165) is 4.57 Å². The molecule has 1 aromatic carbocycles. The van der Waals surface area contributed by atoms with Crippen molar-refractivity contribution < 1.29 is 19.7 Å². The fraction of sp³-hybridized carbons (Fsp3) is 0.333. The van der Waals surface area contributed by atoms with E-state index >= 15 is 0 Å². The summed E-state index contributed by atoms with van der Waals surface area (Å²) in [6.07, 6.45) is -1.58. The van der Waals surface area contributed by atoms with Crippen molar-refractivity contribution in [2.75, 3.05) is 6.61 Å². The smallest absolute Gasteiger partial charge is 0.330 e. The first-order chi connectivity index (χ1) is 13.8. The molecule has 0 saturated carbocycles. The lowest BCUT2D eigenvalue weighted by Gasteiger charge is -2.20. The van der Waals surface area contributed by atoms with E-state index in [1.54, 1.807) is 18.2 Å². The number of aliphatic hydroxyl groups is 2. The Balaban J connectivity index is 1.84. The van der Waals surface area contributed by atoms with Gasteiger partial charge in [0.2, 0.25) is 0 Å². The summed E-state index contributed by atoms with van der Waals surface area (Å²) in [7, 11) is 0. The molecule has 1 fully saturated rings. The third kappa shape index (κ3) is 4.83. The average molecular weight is 508 g/mol. The monoisotopic (exact) mass is 506 g/mol. The second-order valence-corrected chi connectivity index (χ2v) is 7.67. The van der Waals surface area contributed by atoms with Crippen molar-refractivity contribution in [2.24, 2.45) is 0 Å². The van der Waals surface area contributed by atoms with Crippen molar-refractivity contribution >= 4 is 45.2 Å². The number of nitrogens with one attached hydrogen (secondary N) is 1. The van der Waals surface area contributed by atoms with Gasteiger partial charge in [-0.3, -0.25) is 14.3 Å². The van der Waals surface area contributed by atoms with Crippen molar-refractivity contribution in [3.8, 4) is 0 Å². The molecule has 1 aliphatic heterocycles. The van der Waals surface area contributed by atoms with Crippen LogP contribution in [0.25, 0.3) is 6.08 Å². The summed E-state index contributed by atoms with van der Waals surface area (Å²) in [6.45, 7) is -0.415. The number of hydrogen-bond acceptors (Lipinski definition) is 6. The maximum Gasteiger partial charge on any atom is 0.330 e. The lowest BCUT2D eigenvalue weighted by atomic mass is 10.1. The van der Waals surface area contributed by atoms with E-state index in [9.17, 15) is 19.8 Å². The van der Waals surface area contributed by atoms with Crippen molar-refractivity contribution in [2.45, 2.75) is 31.1 Å². The first-order valence-corrected chi connectivity index (χ1v) is 10.1. The minimum atomic E-state index is -1.29. The lowest BCUT2D eigenvalue weighted by molar-refractivity contribution is -0.0661. The predicted molar refractivity (Wildman–Crippen MR) is 111 cm³/mol. The standard InChI is InChI=1S/C18H17BrCl2N2O6/c19-4-3-9-6-23(18(27)22-16(9)26)17-14(25)15(13(7-24)29-17)28-8-10-1-2-11(20)5-12(10)21/h1-6,13-15,17,24-25H,7-8H2,(H,22,26,27)/t13-,14+,15-,17-/m1/s1. The van der Waals surface area contributed by atoms with Gasteiger partial charge in [0.05, 0.1) is 18.8 Å². The van der Waals surface area contributed by atoms with Gasteiger partial charge in [0.15, 0.2) is 6.23 Å². The fourth-order valence-corrected chi connectivity index (χ4v) is 3.75. The average Bonchev–Trinajstić information content (AvgIpc) is 2.99. The summed E-state index contributed by atoms with van der Waals surface area (Å²) in [5.74, 6) is 0. The van der Waals surface area contributed by atoms with Crippen LogP contribution in [0.2, 0.25) is 10.0 Å². The number of aromatic amines is 1. The molecule has 11 heteroatoms. The highest BCUT2D eigenvalue weighted by Gasteiger charge is 2.45. The van der Waals surface area contributed by atoms with Gasteiger partial charge in [-0.25, -0.2) is 4.79 Å². The van der Waals surface area contributed by atoms with Gasteiger partial charge < -0.3 is 19.7 Å². The molecule has 0 radical (unpaired) electrons. The van der Waals surface area contributed by atoms with Crippen LogP contribution in [-0.2, 0) is 16.1 Å². The minimum absolute atomic E-state index is 0.0302. The fourth-order valence-electron chi connectivity index (χ4n) is 3.00. The van der Waals surface area contributed by atoms with Crippen molar-refractivity contribution in [3.05, 3.63) is 71.4 Å². The largest absolute Gasteiger partial charge is 0.394 e. The number of hydrogen-bond donors (Lipinski definition) is 3. The van der Waals surface area contributed by atoms with Gasteiger partial charge in [-0.2, -0.15) is 0 Å². The number of ether oxygens (including phenoxy) is 2. The zero-order chi connectivity index (χ0) is 21.1. The molecule has 1 aliphatic rings. The van der Waals surface area contributed by atoms with Crippen LogP contribution in [0.1, 0.15) is 17.4 Å². The summed E-state index contributed by atoms with van der Waals surface area (Å²) < 4.78 is 12.4. The van der Waals surface area contributed by atoms with Crippen molar-refractivity contribution in [3.63, 3.8) is 0 Å². The van der Waals surface area contributed by atoms with Crippen LogP contribution in [0.4, 0.5) is 0 Å². The Kier molecular flexibility index (Phi) is 7.33. The number of aromatic nitrogens is 2. The van der Waals surface area contributed by atoms with Gasteiger partial charge in [-0.15, -0.1) is 0 Å². The van der Waals surface area contributed by atoms with E-state index in [-0.39, 0.29) is 12.2 Å². The number of H-pyrrole nitrogens is 1. The molecule has 0 amide bonds. The summed E-state index contributed by atoms with van der Waals surface area (Å²) in [5.41, 5.74) is -0.535. The maximum absolute atomic E-state index is 12.2. The number of benzene rings is 1. The van der Waals surface area contributed by atoms with Gasteiger partial charge in [-0.1, -0.05) is 45.2 Å². The van der Waals surface area contributed by atoms with E-state index in [0.29, 0.717) is 15.6 Å². The van der Waals surface area contributed by atoms with Crippen LogP contribution in [0.5, 0.6) is 0 Å². The Morgan fingerprint density at radius 2 is 2.10 bits per heavy atom. The molecular weight excluding hydrogens is 491 g/mol. The quantitative estimate of drug-likeness (QED) is 0.551. The number of rotatable bonds is 6. The second-order valence-electron chi connectivity index (χ2n) is 6.29. The molecule has 2 heterocycles. The maximum atomic E-state index is 12.2. The van der Waals surface area contributed by atoms with Gasteiger partial charge in [0.1, 0.15) is 18.3 Å². The molecule has 1 aromatic heterocycles. The third-order valence-electron chi connectivity index (χ3n) is 4.45. The third-order valence-corrected chi connectivity index (χ3v) is 5.30. The SMILES string of the molecule is O=c1[nH]c(=O)n([C@@H]2O[C@H](CO)[C@@H](OCc3ccc(Cl)cc3Cl)[C@@H]2O)cc1C=CBr. The van der Waals surface area contributed by atoms with Crippen molar-refractivity contribution in [1.29, 1.82) is 0 Å². The Morgan fingerprint density at radius 3 is 2.76 bits per heavy atom. The summed E-state index contributed by atoms with van der Waals surface area (Å²) in [6, 6.07) is 4.90. The Labute approximate surface area is 183 Å². The van der Waals surface area contributed by atoms with E-state index in [1.165, 1.54) is 17.3 Å². The van der Waals surface area contributed by atoms with Crippen LogP contribution in [0.3, 0.4) is 0 Å². The zero-order valence-corrected chi connectivity index (χ0v) is 17.9. The number of halogens is 3. The normalized spacial score (nSPS) is 24.4. The highest BCUT2D eigenvalue weighted by atomic mass is 79.9. The van der Waals surface area contributed by atoms with Crippen LogP contribution in [0.15, 0.2) is 39.0 Å². The molecule has 1 saturated heterocycles. The van der Waals surface area contributed by atoms with Crippen LogP contribution in [-0.4, -0.2) is 44.7 Å². The number of aliphatic hydroxyl groups excluding tert-OH is 2. The van der Waals surface area contributed by atoms with Crippen molar-refractivity contribution in [1.82, 2.24) is 9.55 Å². The highest BCUT2D eigenvalue weighted by Crippen LogP contribution is 2.32. The molecule has 8 nitrogen and oxygen atoms in total. The molecule has 0 spiro atoms. The van der Waals surface area contributed by atoms with Gasteiger partial charge >= 0.3 is 5.69 Å². The second kappa shape index (κ2) is 9.57. The first kappa shape index (κ1) is 22.2. The first-order valence-electron chi connectivity index (χ1n) is 8.48. The molecule has 0 bridgehead atoms. The molecule has 3 rings (SSSR count). The molecule has 29 heavy (non-hydrogen) atoms. The lowest BCUT2D eigenvalue weighted by Crippen LogP contribution is -2.39. The molecule has 156 valence electrons. The van der Waals surface area contributed by atoms with Gasteiger partial charge in [0.25, 0.3) is 5.56 Å². The van der Waals surface area contributed by atoms with Crippen LogP contribution >= 0.6 is 39.1 Å².